The first-order chi connectivity index (χ1) is 11.1. The Bertz CT molecular complexity index is 768. The van der Waals surface area contributed by atoms with E-state index < -0.39 is 5.60 Å². The number of piperidine rings is 2. The minimum Gasteiger partial charge on any atom is -0.393 e. The Hall–Kier alpha value is -1.36. The summed E-state index contributed by atoms with van der Waals surface area (Å²) in [7, 11) is 0. The first kappa shape index (κ1) is 14.0. The van der Waals surface area contributed by atoms with Gasteiger partial charge in [0.1, 0.15) is 5.60 Å². The average molecular weight is 312 g/mol. The van der Waals surface area contributed by atoms with E-state index in [4.69, 9.17) is 0 Å². The summed E-state index contributed by atoms with van der Waals surface area (Å²) in [5.41, 5.74) is 2.56. The van der Waals surface area contributed by atoms with E-state index in [1.165, 1.54) is 10.9 Å². The van der Waals surface area contributed by atoms with Crippen molar-refractivity contribution in [3.8, 4) is 0 Å². The number of fused-ring (bicyclic) bond motifs is 4. The van der Waals surface area contributed by atoms with Gasteiger partial charge in [-0.25, -0.2) is 0 Å². The summed E-state index contributed by atoms with van der Waals surface area (Å²) in [5, 5.41) is 23.3. The summed E-state index contributed by atoms with van der Waals surface area (Å²) in [6.07, 6.45) is 2.45. The Balaban J connectivity index is 1.73. The number of hydrogen-bond acceptors (Lipinski definition) is 3. The van der Waals surface area contributed by atoms with E-state index in [2.05, 4.69) is 28.1 Å². The molecule has 2 aromatic rings. The first-order valence-corrected chi connectivity index (χ1v) is 8.82. The molecular weight excluding hydrogens is 288 g/mol. The van der Waals surface area contributed by atoms with Crippen LogP contribution >= 0.6 is 0 Å². The van der Waals surface area contributed by atoms with E-state index in [1.807, 2.05) is 13.0 Å². The van der Waals surface area contributed by atoms with Gasteiger partial charge in [-0.3, -0.25) is 4.90 Å². The predicted octanol–water partition coefficient (Wildman–Crippen LogP) is 2.00. The number of rotatable bonds is 1. The van der Waals surface area contributed by atoms with Crippen molar-refractivity contribution in [2.45, 2.75) is 43.9 Å². The van der Waals surface area contributed by atoms with Crippen molar-refractivity contribution >= 4 is 10.9 Å². The Labute approximate surface area is 136 Å². The van der Waals surface area contributed by atoms with Crippen molar-refractivity contribution in [2.75, 3.05) is 13.1 Å². The van der Waals surface area contributed by atoms with E-state index in [-0.39, 0.29) is 18.1 Å². The lowest BCUT2D eigenvalue weighted by molar-refractivity contribution is -0.178. The summed E-state index contributed by atoms with van der Waals surface area (Å²) in [6, 6.07) is 8.39. The number of aromatic nitrogens is 1. The molecule has 1 aromatic carbocycles. The number of nitrogens with zero attached hydrogens (tertiary/aromatic N) is 1. The molecule has 4 aliphatic rings. The highest BCUT2D eigenvalue weighted by Crippen LogP contribution is 2.53. The van der Waals surface area contributed by atoms with Gasteiger partial charge in [0, 0.05) is 36.0 Å². The highest BCUT2D eigenvalue weighted by molar-refractivity contribution is 5.85. The number of nitrogens with one attached hydrogen (secondary N) is 1. The van der Waals surface area contributed by atoms with Gasteiger partial charge in [-0.2, -0.15) is 0 Å². The quantitative estimate of drug-likeness (QED) is 0.755. The standard InChI is InChI=1S/C19H24N2O2/c1-11(22)15-8-12-9-19(23)17-14(6-7-21(10-12)18(15)19)13-4-2-3-5-16(13)20-17/h2-5,11-12,15,18,20,22-23H,6-10H2,1H3/t11-,12-,15-,18+,19-/m1/s1. The van der Waals surface area contributed by atoms with E-state index in [1.54, 1.807) is 0 Å². The monoisotopic (exact) mass is 312 g/mol. The highest BCUT2D eigenvalue weighted by atomic mass is 16.3. The van der Waals surface area contributed by atoms with Gasteiger partial charge in [0.05, 0.1) is 11.8 Å². The third kappa shape index (κ3) is 1.77. The van der Waals surface area contributed by atoms with Crippen LogP contribution in [0.2, 0.25) is 0 Å². The third-order valence-electron chi connectivity index (χ3n) is 6.50. The van der Waals surface area contributed by atoms with Crippen LogP contribution in [-0.2, 0) is 12.0 Å². The van der Waals surface area contributed by atoms with E-state index in [9.17, 15) is 10.2 Å². The number of aliphatic hydroxyl groups excluding tert-OH is 1. The number of para-hydroxylation sites is 1. The second kappa shape index (κ2) is 4.59. The number of aliphatic hydroxyl groups is 2. The van der Waals surface area contributed by atoms with Crippen LogP contribution < -0.4 is 0 Å². The molecule has 6 rings (SSSR count). The number of H-pyrrole nitrogens is 1. The summed E-state index contributed by atoms with van der Waals surface area (Å²) >= 11 is 0. The molecule has 3 aliphatic heterocycles. The molecule has 2 saturated heterocycles. The SMILES string of the molecule is C[C@@H](O)[C@H]1C[C@H]2CN3CCc4c([nH]c5ccccc45)[C@](O)(C2)[C@H]13. The second-order valence-corrected chi connectivity index (χ2v) is 7.85. The molecule has 23 heavy (non-hydrogen) atoms. The molecule has 4 heterocycles. The predicted molar refractivity (Wildman–Crippen MR) is 89.2 cm³/mol. The number of benzene rings is 1. The molecular formula is C19H24N2O2. The van der Waals surface area contributed by atoms with Crippen molar-refractivity contribution in [1.82, 2.24) is 9.88 Å². The van der Waals surface area contributed by atoms with E-state index in [0.717, 1.165) is 43.6 Å². The number of aromatic amines is 1. The first-order valence-electron chi connectivity index (χ1n) is 8.82. The number of hydrogen-bond donors (Lipinski definition) is 3. The maximum Gasteiger partial charge on any atom is 0.121 e. The molecule has 0 spiro atoms. The van der Waals surface area contributed by atoms with Gasteiger partial charge in [-0.05, 0) is 43.7 Å². The summed E-state index contributed by atoms with van der Waals surface area (Å²) in [4.78, 5) is 5.98. The lowest BCUT2D eigenvalue weighted by Crippen LogP contribution is -2.66. The molecule has 4 bridgehead atoms. The van der Waals surface area contributed by atoms with Gasteiger partial charge in [0.25, 0.3) is 0 Å². The van der Waals surface area contributed by atoms with Crippen LogP contribution in [0, 0.1) is 11.8 Å². The van der Waals surface area contributed by atoms with Gasteiger partial charge >= 0.3 is 0 Å². The molecule has 4 nitrogen and oxygen atoms in total. The van der Waals surface area contributed by atoms with Crippen molar-refractivity contribution in [3.63, 3.8) is 0 Å². The van der Waals surface area contributed by atoms with Crippen LogP contribution in [-0.4, -0.2) is 45.3 Å². The molecule has 1 aliphatic carbocycles. The largest absolute Gasteiger partial charge is 0.393 e. The molecule has 6 atom stereocenters. The smallest absolute Gasteiger partial charge is 0.121 e. The van der Waals surface area contributed by atoms with Crippen molar-refractivity contribution < 1.29 is 10.2 Å². The normalized spacial score (nSPS) is 40.0. The average Bonchev–Trinajstić information content (AvgIpc) is 2.88. The Morgan fingerprint density at radius 2 is 2.17 bits per heavy atom. The van der Waals surface area contributed by atoms with Gasteiger partial charge in [0.2, 0.25) is 0 Å². The summed E-state index contributed by atoms with van der Waals surface area (Å²) < 4.78 is 0. The minimum atomic E-state index is -0.853. The molecule has 1 aromatic heterocycles. The van der Waals surface area contributed by atoms with E-state index in [0.29, 0.717) is 5.92 Å². The van der Waals surface area contributed by atoms with Gasteiger partial charge < -0.3 is 15.2 Å². The summed E-state index contributed by atoms with van der Waals surface area (Å²) in [5.74, 6) is 0.631. The Kier molecular flexibility index (Phi) is 2.80. The van der Waals surface area contributed by atoms with Gasteiger partial charge in [-0.15, -0.1) is 0 Å². The fourth-order valence-electron chi connectivity index (χ4n) is 5.69. The second-order valence-electron chi connectivity index (χ2n) is 7.85. The fraction of sp³-hybridized carbons (Fsp3) is 0.579. The Morgan fingerprint density at radius 3 is 3.00 bits per heavy atom. The molecule has 1 unspecified atom stereocenters. The molecule has 122 valence electrons. The van der Waals surface area contributed by atoms with Crippen LogP contribution in [0.3, 0.4) is 0 Å². The molecule has 3 N–H and O–H groups in total. The van der Waals surface area contributed by atoms with Crippen molar-refractivity contribution in [1.29, 1.82) is 0 Å². The maximum absolute atomic E-state index is 11.8. The lowest BCUT2D eigenvalue weighted by atomic mass is 9.62. The zero-order chi connectivity index (χ0) is 15.8. The van der Waals surface area contributed by atoms with Crippen molar-refractivity contribution in [2.24, 2.45) is 11.8 Å². The minimum absolute atomic E-state index is 0.0295. The molecule has 0 radical (unpaired) electrons. The third-order valence-corrected chi connectivity index (χ3v) is 6.50. The fourth-order valence-corrected chi connectivity index (χ4v) is 5.69. The molecule has 1 saturated carbocycles. The van der Waals surface area contributed by atoms with Gasteiger partial charge in [0.15, 0.2) is 0 Å². The zero-order valence-electron chi connectivity index (χ0n) is 13.5. The zero-order valence-corrected chi connectivity index (χ0v) is 13.5. The molecule has 3 fully saturated rings. The molecule has 0 amide bonds. The van der Waals surface area contributed by atoms with Crippen LogP contribution in [0.1, 0.15) is 31.0 Å². The van der Waals surface area contributed by atoms with Crippen LogP contribution in [0.15, 0.2) is 24.3 Å². The highest BCUT2D eigenvalue weighted by Gasteiger charge is 2.58. The molecule has 4 heteroatoms. The van der Waals surface area contributed by atoms with E-state index >= 15 is 0 Å². The lowest BCUT2D eigenvalue weighted by Gasteiger charge is -2.57. The van der Waals surface area contributed by atoms with Crippen LogP contribution in [0.5, 0.6) is 0 Å². The maximum atomic E-state index is 11.8. The van der Waals surface area contributed by atoms with Crippen LogP contribution in [0.25, 0.3) is 10.9 Å². The summed E-state index contributed by atoms with van der Waals surface area (Å²) in [6.45, 7) is 3.92. The Morgan fingerprint density at radius 1 is 1.35 bits per heavy atom. The topological polar surface area (TPSA) is 59.5 Å². The van der Waals surface area contributed by atoms with Gasteiger partial charge in [-0.1, -0.05) is 18.2 Å². The van der Waals surface area contributed by atoms with Crippen LogP contribution in [0.4, 0.5) is 0 Å². The van der Waals surface area contributed by atoms with Crippen molar-refractivity contribution in [3.05, 3.63) is 35.5 Å².